The minimum atomic E-state index is -0.254. The van der Waals surface area contributed by atoms with Gasteiger partial charge >= 0.3 is 0 Å². The second kappa shape index (κ2) is 6.75. The fourth-order valence-corrected chi connectivity index (χ4v) is 2.84. The zero-order valence-electron chi connectivity index (χ0n) is 12.4. The Kier molecular flexibility index (Phi) is 5.01. The highest BCUT2D eigenvalue weighted by Gasteiger charge is 2.40. The predicted octanol–water partition coefficient (Wildman–Crippen LogP) is 2.80. The van der Waals surface area contributed by atoms with E-state index in [9.17, 15) is 4.79 Å². The average molecular weight is 276 g/mol. The fraction of sp³-hybridized carbons (Fsp3) is 0.562. The van der Waals surface area contributed by atoms with Gasteiger partial charge in [0, 0.05) is 18.3 Å². The van der Waals surface area contributed by atoms with Gasteiger partial charge in [-0.05, 0) is 38.4 Å². The Morgan fingerprint density at radius 2 is 2.30 bits per heavy atom. The van der Waals surface area contributed by atoms with Crippen LogP contribution < -0.4 is 15.4 Å². The predicted molar refractivity (Wildman–Crippen MR) is 81.1 cm³/mol. The normalized spacial score (nSPS) is 21.7. The summed E-state index contributed by atoms with van der Waals surface area (Å²) in [5.74, 6) is 0.914. The van der Waals surface area contributed by atoms with Crippen molar-refractivity contribution in [1.29, 1.82) is 0 Å². The Balaban J connectivity index is 2.08. The van der Waals surface area contributed by atoms with Gasteiger partial charge in [0.05, 0.1) is 12.0 Å². The number of hydrogen-bond donors (Lipinski definition) is 2. The molecule has 4 heteroatoms. The molecule has 2 N–H and O–H groups in total. The first-order valence-electron chi connectivity index (χ1n) is 7.45. The molecule has 4 nitrogen and oxygen atoms in total. The van der Waals surface area contributed by atoms with Crippen LogP contribution in [0, 0.1) is 5.41 Å². The largest absolute Gasteiger partial charge is 0.494 e. The topological polar surface area (TPSA) is 50.4 Å². The van der Waals surface area contributed by atoms with Crippen molar-refractivity contribution in [3.63, 3.8) is 0 Å². The van der Waals surface area contributed by atoms with E-state index in [1.165, 1.54) is 0 Å². The van der Waals surface area contributed by atoms with Crippen molar-refractivity contribution in [2.75, 3.05) is 25.0 Å². The quantitative estimate of drug-likeness (QED) is 0.840. The van der Waals surface area contributed by atoms with Gasteiger partial charge in [-0.2, -0.15) is 0 Å². The highest BCUT2D eigenvalue weighted by molar-refractivity contribution is 5.95. The first-order valence-corrected chi connectivity index (χ1v) is 7.45. The number of nitrogens with one attached hydrogen (secondary N) is 2. The minimum absolute atomic E-state index is 0.123. The zero-order valence-corrected chi connectivity index (χ0v) is 12.4. The molecule has 1 aliphatic rings. The highest BCUT2D eigenvalue weighted by Crippen LogP contribution is 2.32. The van der Waals surface area contributed by atoms with Crippen LogP contribution in [0.5, 0.6) is 5.75 Å². The molecule has 0 spiro atoms. The van der Waals surface area contributed by atoms with Crippen LogP contribution in [0.15, 0.2) is 24.3 Å². The van der Waals surface area contributed by atoms with E-state index in [-0.39, 0.29) is 11.3 Å². The summed E-state index contributed by atoms with van der Waals surface area (Å²) in [6.07, 6.45) is 2.86. The average Bonchev–Trinajstić information content (AvgIpc) is 2.90. The third-order valence-electron chi connectivity index (χ3n) is 3.86. The molecular weight excluding hydrogens is 252 g/mol. The minimum Gasteiger partial charge on any atom is -0.494 e. The number of ether oxygens (including phenoxy) is 1. The van der Waals surface area contributed by atoms with E-state index in [1.807, 2.05) is 31.2 Å². The molecule has 1 aromatic carbocycles. The second-order valence-corrected chi connectivity index (χ2v) is 5.37. The third kappa shape index (κ3) is 3.31. The Morgan fingerprint density at radius 3 is 2.95 bits per heavy atom. The number of carbonyl (C=O) groups is 1. The van der Waals surface area contributed by atoms with Crippen LogP contribution in [0.1, 0.15) is 33.1 Å². The van der Waals surface area contributed by atoms with Crippen molar-refractivity contribution in [3.8, 4) is 5.75 Å². The molecule has 110 valence electrons. The van der Waals surface area contributed by atoms with Crippen molar-refractivity contribution < 1.29 is 9.53 Å². The van der Waals surface area contributed by atoms with Gasteiger partial charge < -0.3 is 15.4 Å². The first-order chi connectivity index (χ1) is 9.70. The first kappa shape index (κ1) is 14.9. The van der Waals surface area contributed by atoms with Gasteiger partial charge in [0.25, 0.3) is 0 Å². The lowest BCUT2D eigenvalue weighted by molar-refractivity contribution is -0.125. The van der Waals surface area contributed by atoms with Gasteiger partial charge in [-0.25, -0.2) is 0 Å². The Hall–Kier alpha value is -1.55. The molecule has 1 heterocycles. The molecule has 0 aliphatic carbocycles. The van der Waals surface area contributed by atoms with Crippen LogP contribution in [-0.4, -0.2) is 25.6 Å². The van der Waals surface area contributed by atoms with E-state index in [0.717, 1.165) is 43.8 Å². The van der Waals surface area contributed by atoms with Crippen molar-refractivity contribution in [1.82, 2.24) is 5.32 Å². The Labute approximate surface area is 120 Å². The summed E-state index contributed by atoms with van der Waals surface area (Å²) >= 11 is 0. The summed E-state index contributed by atoms with van der Waals surface area (Å²) in [6, 6.07) is 7.59. The number of benzene rings is 1. The SMILES string of the molecule is CCCC1(C(=O)Nc2cccc(OCC)c2)CCNC1. The molecule has 2 rings (SSSR count). The van der Waals surface area contributed by atoms with Crippen molar-refractivity contribution in [3.05, 3.63) is 24.3 Å². The van der Waals surface area contributed by atoms with Crippen LogP contribution in [0.4, 0.5) is 5.69 Å². The standard InChI is InChI=1S/C16H24N2O2/c1-3-8-16(9-10-17-12-16)15(19)18-13-6-5-7-14(11-13)20-4-2/h5-7,11,17H,3-4,8-10,12H2,1-2H3,(H,18,19). The van der Waals surface area contributed by atoms with E-state index in [2.05, 4.69) is 17.6 Å². The summed E-state index contributed by atoms with van der Waals surface area (Å²) in [7, 11) is 0. The molecule has 1 saturated heterocycles. The number of hydrogen-bond acceptors (Lipinski definition) is 3. The van der Waals surface area contributed by atoms with Gasteiger partial charge in [-0.3, -0.25) is 4.79 Å². The van der Waals surface area contributed by atoms with Gasteiger partial charge in [-0.15, -0.1) is 0 Å². The molecule has 0 radical (unpaired) electrons. The number of amides is 1. The lowest BCUT2D eigenvalue weighted by atomic mass is 9.81. The van der Waals surface area contributed by atoms with Gasteiger partial charge in [0.15, 0.2) is 0 Å². The van der Waals surface area contributed by atoms with Crippen LogP contribution in [0.2, 0.25) is 0 Å². The third-order valence-corrected chi connectivity index (χ3v) is 3.86. The Morgan fingerprint density at radius 1 is 1.45 bits per heavy atom. The molecule has 1 fully saturated rings. The lowest BCUT2D eigenvalue weighted by Gasteiger charge is -2.26. The molecule has 1 atom stereocenters. The number of rotatable bonds is 6. The molecule has 1 unspecified atom stereocenters. The maximum absolute atomic E-state index is 12.6. The number of carbonyl (C=O) groups excluding carboxylic acids is 1. The van der Waals surface area contributed by atoms with Crippen LogP contribution in [0.3, 0.4) is 0 Å². The molecule has 0 aromatic heterocycles. The van der Waals surface area contributed by atoms with Crippen LogP contribution in [0.25, 0.3) is 0 Å². The van der Waals surface area contributed by atoms with E-state index in [4.69, 9.17) is 4.74 Å². The van der Waals surface area contributed by atoms with E-state index < -0.39 is 0 Å². The molecule has 1 aliphatic heterocycles. The van der Waals surface area contributed by atoms with Gasteiger partial charge in [-0.1, -0.05) is 19.4 Å². The lowest BCUT2D eigenvalue weighted by Crippen LogP contribution is -2.38. The monoisotopic (exact) mass is 276 g/mol. The van der Waals surface area contributed by atoms with Crippen LogP contribution in [-0.2, 0) is 4.79 Å². The van der Waals surface area contributed by atoms with Gasteiger partial charge in [0.1, 0.15) is 5.75 Å². The van der Waals surface area contributed by atoms with E-state index >= 15 is 0 Å². The van der Waals surface area contributed by atoms with E-state index in [0.29, 0.717) is 6.61 Å². The molecule has 20 heavy (non-hydrogen) atoms. The zero-order chi connectivity index (χ0) is 14.4. The van der Waals surface area contributed by atoms with Crippen molar-refractivity contribution in [2.45, 2.75) is 33.1 Å². The van der Waals surface area contributed by atoms with Crippen molar-refractivity contribution in [2.24, 2.45) is 5.41 Å². The highest BCUT2D eigenvalue weighted by atomic mass is 16.5. The van der Waals surface area contributed by atoms with Gasteiger partial charge in [0.2, 0.25) is 5.91 Å². The maximum atomic E-state index is 12.6. The summed E-state index contributed by atoms with van der Waals surface area (Å²) in [5, 5.41) is 6.36. The van der Waals surface area contributed by atoms with Crippen molar-refractivity contribution >= 4 is 11.6 Å². The summed E-state index contributed by atoms with van der Waals surface area (Å²) in [5.41, 5.74) is 0.555. The fourth-order valence-electron chi connectivity index (χ4n) is 2.84. The number of anilines is 1. The smallest absolute Gasteiger partial charge is 0.231 e. The molecule has 1 amide bonds. The summed E-state index contributed by atoms with van der Waals surface area (Å²) in [6.45, 7) is 6.40. The molecule has 0 saturated carbocycles. The molecular formula is C16H24N2O2. The second-order valence-electron chi connectivity index (χ2n) is 5.37. The van der Waals surface area contributed by atoms with E-state index in [1.54, 1.807) is 0 Å². The Bertz CT molecular complexity index is 454. The summed E-state index contributed by atoms with van der Waals surface area (Å²) in [4.78, 5) is 12.6. The molecule has 1 aromatic rings. The maximum Gasteiger partial charge on any atom is 0.231 e. The molecule has 0 bridgehead atoms. The van der Waals surface area contributed by atoms with Crippen LogP contribution >= 0.6 is 0 Å². The summed E-state index contributed by atoms with van der Waals surface area (Å²) < 4.78 is 5.46.